The summed E-state index contributed by atoms with van der Waals surface area (Å²) in [7, 11) is 0. The predicted molar refractivity (Wildman–Crippen MR) is 66.8 cm³/mol. The third-order valence-electron chi connectivity index (χ3n) is 2.33. The van der Waals surface area contributed by atoms with E-state index >= 15 is 0 Å². The van der Waals surface area contributed by atoms with Crippen molar-refractivity contribution in [1.29, 1.82) is 0 Å². The third-order valence-corrected chi connectivity index (χ3v) is 10.5. The van der Waals surface area contributed by atoms with Crippen LogP contribution in [-0.2, 0) is 20.2 Å². The Morgan fingerprint density at radius 3 is 1.47 bits per heavy atom. The van der Waals surface area contributed by atoms with E-state index in [4.69, 9.17) is 0 Å². The quantitative estimate of drug-likeness (QED) is 0.551. The average molecular weight is 372 g/mol. The molecule has 0 aromatic carbocycles. The molecule has 0 bridgehead atoms. The van der Waals surface area contributed by atoms with E-state index in [1.165, 1.54) is 35.7 Å². The molecule has 0 saturated heterocycles. The monoisotopic (exact) mass is 372 g/mol. The third kappa shape index (κ3) is 21.1. The van der Waals surface area contributed by atoms with Crippen molar-refractivity contribution in [3.63, 3.8) is 0 Å². The summed E-state index contributed by atoms with van der Waals surface area (Å²) in [5, 5.41) is 3.06. The van der Waals surface area contributed by atoms with Gasteiger partial charge in [-0.05, 0) is 0 Å². The molecular weight excluding hydrogens is 344 g/mol. The molecule has 0 unspecified atom stereocenters. The van der Waals surface area contributed by atoms with Crippen LogP contribution < -0.4 is 0 Å². The molecular formula is C12H28OSnZn. The van der Waals surface area contributed by atoms with Crippen molar-refractivity contribution in [2.45, 2.75) is 72.3 Å². The molecule has 0 aliphatic heterocycles. The molecule has 0 saturated carbocycles. The van der Waals surface area contributed by atoms with Crippen molar-refractivity contribution in [3.05, 3.63) is 0 Å². The fourth-order valence-electron chi connectivity index (χ4n) is 1.23. The molecule has 0 N–H and O–H groups in total. The van der Waals surface area contributed by atoms with Crippen molar-refractivity contribution in [2.24, 2.45) is 0 Å². The van der Waals surface area contributed by atoms with Gasteiger partial charge in [-0.15, -0.1) is 0 Å². The summed E-state index contributed by atoms with van der Waals surface area (Å²) >= 11 is -1.89. The van der Waals surface area contributed by atoms with Crippen LogP contribution in [0.2, 0.25) is 18.9 Å². The average Bonchev–Trinajstić information content (AvgIpc) is 2.25. The van der Waals surface area contributed by atoms with Gasteiger partial charge in [-0.1, -0.05) is 0 Å². The Hall–Kier alpha value is 1.22. The molecule has 0 aromatic rings. The molecule has 0 spiro atoms. The van der Waals surface area contributed by atoms with E-state index in [0.29, 0.717) is 0 Å². The van der Waals surface area contributed by atoms with Gasteiger partial charge in [-0.25, -0.2) is 0 Å². The van der Waals surface area contributed by atoms with Gasteiger partial charge in [0.15, 0.2) is 0 Å². The van der Waals surface area contributed by atoms with E-state index in [2.05, 4.69) is 27.7 Å². The van der Waals surface area contributed by atoms with E-state index in [-0.39, 0.29) is 17.1 Å². The molecule has 0 radical (unpaired) electrons. The molecule has 0 aliphatic carbocycles. The zero-order valence-corrected chi connectivity index (χ0v) is 17.1. The molecule has 0 rings (SSSR count). The number of hydrogen-bond donors (Lipinski definition) is 0. The number of rotatable bonds is 8. The van der Waals surface area contributed by atoms with Crippen LogP contribution in [0.4, 0.5) is 0 Å². The van der Waals surface area contributed by atoms with Crippen LogP contribution in [0.25, 0.3) is 0 Å². The first-order chi connectivity index (χ1) is 7.22. The van der Waals surface area contributed by atoms with Gasteiger partial charge in [0.2, 0.25) is 0 Å². The van der Waals surface area contributed by atoms with Gasteiger partial charge in [0.1, 0.15) is 0 Å². The van der Waals surface area contributed by atoms with Crippen LogP contribution in [0, 0.1) is 0 Å². The fourth-order valence-corrected chi connectivity index (χ4v) is 7.69. The maximum atomic E-state index is 11.2. The van der Waals surface area contributed by atoms with E-state index in [1.54, 1.807) is 0 Å². The van der Waals surface area contributed by atoms with Crippen LogP contribution in [0.5, 0.6) is 0 Å². The molecule has 0 atom stereocenters. The molecule has 88 valence electrons. The minimum atomic E-state index is -1.99. The Balaban J connectivity index is 0. The standard InChI is InChI=1S/2C4H9.2C2H5.O.Sn.Zn/c2*1-3-4-2;2*1-2;;;/h2*1,3-4H2,2H3;2*1H2,2H3;;;. The first-order valence-electron chi connectivity index (χ1n) is 6.74. The van der Waals surface area contributed by atoms with E-state index < -0.39 is 19.7 Å². The Morgan fingerprint density at radius 2 is 1.27 bits per heavy atom. The van der Waals surface area contributed by atoms with E-state index in [1.807, 2.05) is 0 Å². The molecule has 0 fully saturated rings. The van der Waals surface area contributed by atoms with Crippen molar-refractivity contribution in [1.82, 2.24) is 0 Å². The molecule has 0 aliphatic rings. The summed E-state index contributed by atoms with van der Waals surface area (Å²) in [6.45, 7) is 8.92. The summed E-state index contributed by atoms with van der Waals surface area (Å²) < 4.78 is 13.4. The van der Waals surface area contributed by atoms with Crippen LogP contribution in [0.3, 0.4) is 0 Å². The van der Waals surface area contributed by atoms with Gasteiger partial charge in [-0.2, -0.15) is 0 Å². The van der Waals surface area contributed by atoms with Crippen LogP contribution >= 0.6 is 0 Å². The second-order valence-corrected chi connectivity index (χ2v) is 15.7. The van der Waals surface area contributed by atoms with Gasteiger partial charge in [0.25, 0.3) is 0 Å². The normalized spacial score (nSPS) is 8.80. The van der Waals surface area contributed by atoms with Crippen molar-refractivity contribution >= 4 is 19.7 Å². The molecule has 0 amide bonds. The van der Waals surface area contributed by atoms with Gasteiger partial charge >= 0.3 is 112 Å². The van der Waals surface area contributed by atoms with Crippen LogP contribution in [-0.4, -0.2) is 19.7 Å². The summed E-state index contributed by atoms with van der Waals surface area (Å²) in [6.07, 6.45) is 4.81. The zero-order valence-electron chi connectivity index (χ0n) is 11.3. The summed E-state index contributed by atoms with van der Waals surface area (Å²) in [5.41, 5.74) is 0. The fraction of sp³-hybridized carbons (Fsp3) is 1.00. The van der Waals surface area contributed by atoms with Crippen LogP contribution in [0.15, 0.2) is 0 Å². The van der Waals surface area contributed by atoms with Gasteiger partial charge < -0.3 is 0 Å². The minimum absolute atomic E-state index is 0.0972. The van der Waals surface area contributed by atoms with Crippen molar-refractivity contribution in [2.75, 3.05) is 0 Å². The Morgan fingerprint density at radius 1 is 0.867 bits per heavy atom. The second kappa shape index (κ2) is 17.6. The Kier molecular flexibility index (Phi) is 21.8. The summed E-state index contributed by atoms with van der Waals surface area (Å²) in [6, 6.07) is 0. The van der Waals surface area contributed by atoms with Gasteiger partial charge in [0, 0.05) is 0 Å². The van der Waals surface area contributed by atoms with Gasteiger partial charge in [-0.3, -0.25) is 0 Å². The molecule has 15 heavy (non-hydrogen) atoms. The topological polar surface area (TPSA) is 17.1 Å². The zero-order chi connectivity index (χ0) is 11.9. The van der Waals surface area contributed by atoms with Crippen molar-refractivity contribution in [3.8, 4) is 0 Å². The summed E-state index contributed by atoms with van der Waals surface area (Å²) in [4.78, 5) is 0. The first-order valence-corrected chi connectivity index (χ1v) is 16.1. The van der Waals surface area contributed by atoms with Gasteiger partial charge in [0.05, 0.1) is 0 Å². The predicted octanol–water partition coefficient (Wildman–Crippen LogP) is 4.95. The molecule has 1 nitrogen and oxygen atoms in total. The van der Waals surface area contributed by atoms with Crippen molar-refractivity contribution < 1.29 is 20.2 Å². The van der Waals surface area contributed by atoms with Crippen LogP contribution in [0.1, 0.15) is 53.4 Å². The van der Waals surface area contributed by atoms with E-state index in [0.717, 1.165) is 8.87 Å². The Labute approximate surface area is 112 Å². The molecule has 3 heteroatoms. The first kappa shape index (κ1) is 18.6. The molecule has 0 aromatic heterocycles. The summed E-state index contributed by atoms with van der Waals surface area (Å²) in [5.74, 6) is 0. The second-order valence-electron chi connectivity index (χ2n) is 4.10. The Bertz CT molecular complexity index is 117. The van der Waals surface area contributed by atoms with E-state index in [9.17, 15) is 3.08 Å². The molecule has 0 heterocycles. The number of unbranched alkanes of at least 4 members (excludes halogenated alkanes) is 2. The maximum absolute atomic E-state index is 11.2. The SMILES string of the molecule is CCC[CH2][Sn](=[O])[CH2]CCC.C[CH2][Zn][CH2]C. The number of hydrogen-bond acceptors (Lipinski definition) is 1.